The molecule has 4 rings (SSSR count). The van der Waals surface area contributed by atoms with Crippen molar-refractivity contribution in [3.05, 3.63) is 37.1 Å². The first-order valence-electron chi connectivity index (χ1n) is 9.20. The molecule has 2 aromatic rings. The van der Waals surface area contributed by atoms with Gasteiger partial charge in [0, 0.05) is 56.5 Å². The average Bonchev–Trinajstić information content (AvgIpc) is 3.27. The van der Waals surface area contributed by atoms with Crippen LogP contribution in [0, 0.1) is 5.92 Å². The Labute approximate surface area is 148 Å². The zero-order valence-corrected chi connectivity index (χ0v) is 14.4. The molecule has 2 aliphatic rings. The van der Waals surface area contributed by atoms with Crippen molar-refractivity contribution in [2.75, 3.05) is 18.0 Å². The molecule has 134 valence electrons. The van der Waals surface area contributed by atoms with Gasteiger partial charge in [0.05, 0.1) is 12.3 Å². The smallest absolute Gasteiger partial charge is 0.147 e. The fourth-order valence-corrected chi connectivity index (χ4v) is 4.15. The highest BCUT2D eigenvalue weighted by Gasteiger charge is 2.35. The van der Waals surface area contributed by atoms with Gasteiger partial charge in [-0.25, -0.2) is 4.98 Å². The molecule has 2 N–H and O–H groups in total. The fourth-order valence-electron chi connectivity index (χ4n) is 4.15. The minimum absolute atomic E-state index is 0.202. The Morgan fingerprint density at radius 2 is 2.04 bits per heavy atom. The van der Waals surface area contributed by atoms with Gasteiger partial charge in [-0.2, -0.15) is 5.10 Å². The summed E-state index contributed by atoms with van der Waals surface area (Å²) >= 11 is 0. The second-order valence-corrected chi connectivity index (χ2v) is 7.23. The maximum absolute atomic E-state index is 10.4. The number of aliphatic hydroxyl groups is 1. The maximum Gasteiger partial charge on any atom is 0.147 e. The first kappa shape index (κ1) is 16.5. The predicted molar refractivity (Wildman–Crippen MR) is 95.1 cm³/mol. The van der Waals surface area contributed by atoms with Crippen LogP contribution >= 0.6 is 0 Å². The Morgan fingerprint density at radius 3 is 2.76 bits per heavy atom. The van der Waals surface area contributed by atoms with Gasteiger partial charge in [0.2, 0.25) is 0 Å². The number of aliphatic hydroxyl groups excluding tert-OH is 1. The topological polar surface area (TPSA) is 79.1 Å². The SMILES string of the molecule is O[C@@H]1CC(Cn2cccn2)C[C@H]1NC1CCN(c2cnccn2)CC1. The van der Waals surface area contributed by atoms with Crippen LogP contribution in [0.25, 0.3) is 0 Å². The Balaban J connectivity index is 1.26. The lowest BCUT2D eigenvalue weighted by molar-refractivity contribution is 0.137. The highest BCUT2D eigenvalue weighted by atomic mass is 16.3. The zero-order valence-electron chi connectivity index (χ0n) is 14.4. The van der Waals surface area contributed by atoms with Gasteiger partial charge >= 0.3 is 0 Å². The molecule has 7 heteroatoms. The first-order valence-corrected chi connectivity index (χ1v) is 9.20. The lowest BCUT2D eigenvalue weighted by atomic mass is 10.0. The van der Waals surface area contributed by atoms with E-state index in [1.165, 1.54) is 0 Å². The van der Waals surface area contributed by atoms with Crippen LogP contribution < -0.4 is 10.2 Å². The Morgan fingerprint density at radius 1 is 1.16 bits per heavy atom. The van der Waals surface area contributed by atoms with E-state index < -0.39 is 0 Å². The van der Waals surface area contributed by atoms with Crippen molar-refractivity contribution >= 4 is 5.82 Å². The molecule has 2 aromatic heterocycles. The summed E-state index contributed by atoms with van der Waals surface area (Å²) in [7, 11) is 0. The van der Waals surface area contributed by atoms with Crippen molar-refractivity contribution in [2.45, 2.75) is 50.4 Å². The van der Waals surface area contributed by atoms with E-state index in [2.05, 4.69) is 25.3 Å². The van der Waals surface area contributed by atoms with Crippen LogP contribution in [0.3, 0.4) is 0 Å². The highest BCUT2D eigenvalue weighted by molar-refractivity contribution is 5.35. The molecule has 3 atom stereocenters. The van der Waals surface area contributed by atoms with Crippen molar-refractivity contribution in [1.82, 2.24) is 25.1 Å². The summed E-state index contributed by atoms with van der Waals surface area (Å²) in [5.41, 5.74) is 0. The first-order chi connectivity index (χ1) is 12.3. The molecule has 0 radical (unpaired) electrons. The van der Waals surface area contributed by atoms with Gasteiger partial charge in [-0.3, -0.25) is 9.67 Å². The molecule has 7 nitrogen and oxygen atoms in total. The van der Waals surface area contributed by atoms with Crippen molar-refractivity contribution in [3.8, 4) is 0 Å². The Hall–Kier alpha value is -1.99. The molecule has 0 spiro atoms. The summed E-state index contributed by atoms with van der Waals surface area (Å²) in [5.74, 6) is 1.45. The highest BCUT2D eigenvalue weighted by Crippen LogP contribution is 2.29. The van der Waals surface area contributed by atoms with Gasteiger partial charge in [0.25, 0.3) is 0 Å². The third-order valence-corrected chi connectivity index (χ3v) is 5.45. The molecule has 0 amide bonds. The van der Waals surface area contributed by atoms with Gasteiger partial charge in [-0.15, -0.1) is 0 Å². The molecule has 2 fully saturated rings. The van der Waals surface area contributed by atoms with E-state index in [1.54, 1.807) is 12.4 Å². The molecule has 1 saturated heterocycles. The van der Waals surface area contributed by atoms with Crippen LogP contribution in [0.4, 0.5) is 5.82 Å². The number of nitrogens with zero attached hydrogens (tertiary/aromatic N) is 5. The second kappa shape index (κ2) is 7.49. The summed E-state index contributed by atoms with van der Waals surface area (Å²) in [5, 5.41) is 18.4. The molecule has 0 aromatic carbocycles. The average molecular weight is 342 g/mol. The molecule has 0 bridgehead atoms. The molecule has 1 saturated carbocycles. The van der Waals surface area contributed by atoms with Crippen molar-refractivity contribution < 1.29 is 5.11 Å². The number of hydrogen-bond acceptors (Lipinski definition) is 6. The Bertz CT molecular complexity index is 641. The molecule has 3 heterocycles. The molecular weight excluding hydrogens is 316 g/mol. The van der Waals surface area contributed by atoms with Crippen LogP contribution in [-0.4, -0.2) is 56.1 Å². The van der Waals surface area contributed by atoms with E-state index in [0.29, 0.717) is 12.0 Å². The summed E-state index contributed by atoms with van der Waals surface area (Å²) in [6.45, 7) is 2.86. The lowest BCUT2D eigenvalue weighted by Crippen LogP contribution is -2.48. The van der Waals surface area contributed by atoms with Crippen LogP contribution in [0.2, 0.25) is 0 Å². The van der Waals surface area contributed by atoms with Gasteiger partial charge < -0.3 is 15.3 Å². The third kappa shape index (κ3) is 3.99. The molecule has 1 aliphatic carbocycles. The number of nitrogens with one attached hydrogen (secondary N) is 1. The van der Waals surface area contributed by atoms with Gasteiger partial charge in [0.15, 0.2) is 0 Å². The second-order valence-electron chi connectivity index (χ2n) is 7.23. The number of hydrogen-bond donors (Lipinski definition) is 2. The summed E-state index contributed by atoms with van der Waals surface area (Å²) in [6.07, 6.45) is 12.9. The lowest BCUT2D eigenvalue weighted by Gasteiger charge is -2.35. The van der Waals surface area contributed by atoms with E-state index in [4.69, 9.17) is 0 Å². The molecule has 1 aliphatic heterocycles. The van der Waals surface area contributed by atoms with Crippen molar-refractivity contribution in [1.29, 1.82) is 0 Å². The summed E-state index contributed by atoms with van der Waals surface area (Å²) in [4.78, 5) is 10.8. The van der Waals surface area contributed by atoms with Crippen LogP contribution in [0.15, 0.2) is 37.1 Å². The fraction of sp³-hybridized carbons (Fsp3) is 0.611. The van der Waals surface area contributed by atoms with Crippen LogP contribution in [0.1, 0.15) is 25.7 Å². The number of aromatic nitrogens is 4. The number of piperidine rings is 1. The van der Waals surface area contributed by atoms with E-state index in [0.717, 1.165) is 51.1 Å². The number of rotatable bonds is 5. The standard InChI is InChI=1S/C18H26N6O/c25-17-11-14(13-24-7-1-4-21-24)10-16(17)22-15-2-8-23(9-3-15)18-12-19-5-6-20-18/h1,4-7,12,14-17,22,25H,2-3,8-11,13H2/t14?,16-,17-/m1/s1. The largest absolute Gasteiger partial charge is 0.391 e. The summed E-state index contributed by atoms with van der Waals surface area (Å²) < 4.78 is 1.97. The van der Waals surface area contributed by atoms with Crippen molar-refractivity contribution in [3.63, 3.8) is 0 Å². The van der Waals surface area contributed by atoms with Gasteiger partial charge in [0.1, 0.15) is 5.82 Å². The van der Waals surface area contributed by atoms with Gasteiger partial charge in [-0.1, -0.05) is 0 Å². The van der Waals surface area contributed by atoms with E-state index in [-0.39, 0.29) is 12.1 Å². The number of anilines is 1. The third-order valence-electron chi connectivity index (χ3n) is 5.45. The summed E-state index contributed by atoms with van der Waals surface area (Å²) in [6, 6.07) is 2.62. The quantitative estimate of drug-likeness (QED) is 0.846. The van der Waals surface area contributed by atoms with Crippen molar-refractivity contribution in [2.24, 2.45) is 5.92 Å². The minimum atomic E-state index is -0.251. The van der Waals surface area contributed by atoms with Crippen LogP contribution in [0.5, 0.6) is 0 Å². The predicted octanol–water partition coefficient (Wildman–Crippen LogP) is 1.07. The molecule has 25 heavy (non-hydrogen) atoms. The zero-order chi connectivity index (χ0) is 17.1. The monoisotopic (exact) mass is 342 g/mol. The van der Waals surface area contributed by atoms with Gasteiger partial charge in [-0.05, 0) is 37.7 Å². The maximum atomic E-state index is 10.4. The molecule has 1 unspecified atom stereocenters. The van der Waals surface area contributed by atoms with Crippen LogP contribution in [-0.2, 0) is 6.54 Å². The van der Waals surface area contributed by atoms with E-state index in [1.807, 2.05) is 29.3 Å². The minimum Gasteiger partial charge on any atom is -0.391 e. The van der Waals surface area contributed by atoms with E-state index >= 15 is 0 Å². The Kier molecular flexibility index (Phi) is 4.94. The molecular formula is C18H26N6O. The van der Waals surface area contributed by atoms with E-state index in [9.17, 15) is 5.11 Å². The normalized spacial score (nSPS) is 27.7.